The van der Waals surface area contributed by atoms with Crippen LogP contribution in [0.1, 0.15) is 11.1 Å². The maximum atomic E-state index is 5.69. The quantitative estimate of drug-likeness (QED) is 0.748. The van der Waals surface area contributed by atoms with Crippen LogP contribution in [0.2, 0.25) is 0 Å². The Hall–Kier alpha value is -0.840. The Morgan fingerprint density at radius 2 is 2.22 bits per heavy atom. The standard InChI is InChI=1S/C14H20BrNO2/c1-11-4-5-14(18-10-12(2)15)13(8-11)9-16-6-7-17-3/h4-5,8,16H,2,6-7,9-10H2,1,3H3. The summed E-state index contributed by atoms with van der Waals surface area (Å²) in [5, 5.41) is 3.32. The van der Waals surface area contributed by atoms with E-state index in [1.165, 1.54) is 5.56 Å². The van der Waals surface area contributed by atoms with Gasteiger partial charge < -0.3 is 14.8 Å². The molecule has 0 aliphatic carbocycles. The molecule has 1 rings (SSSR count). The number of ether oxygens (including phenoxy) is 2. The highest BCUT2D eigenvalue weighted by atomic mass is 79.9. The van der Waals surface area contributed by atoms with Crippen molar-refractivity contribution in [3.05, 3.63) is 40.4 Å². The van der Waals surface area contributed by atoms with Crippen LogP contribution >= 0.6 is 15.9 Å². The van der Waals surface area contributed by atoms with Crippen LogP contribution in [0, 0.1) is 6.92 Å². The Labute approximate surface area is 117 Å². The van der Waals surface area contributed by atoms with Crippen molar-refractivity contribution in [2.75, 3.05) is 26.9 Å². The van der Waals surface area contributed by atoms with Gasteiger partial charge in [-0.25, -0.2) is 0 Å². The molecule has 100 valence electrons. The van der Waals surface area contributed by atoms with E-state index in [2.05, 4.69) is 40.8 Å². The van der Waals surface area contributed by atoms with Gasteiger partial charge in [0.15, 0.2) is 0 Å². The van der Waals surface area contributed by atoms with Gasteiger partial charge in [0.25, 0.3) is 0 Å². The molecule has 1 aromatic carbocycles. The molecule has 0 radical (unpaired) electrons. The third kappa shape index (κ3) is 5.67. The molecule has 1 N–H and O–H groups in total. The van der Waals surface area contributed by atoms with Crippen LogP contribution in [0.15, 0.2) is 29.3 Å². The van der Waals surface area contributed by atoms with Gasteiger partial charge in [0.2, 0.25) is 0 Å². The van der Waals surface area contributed by atoms with Gasteiger partial charge >= 0.3 is 0 Å². The van der Waals surface area contributed by atoms with Crippen molar-refractivity contribution < 1.29 is 9.47 Å². The molecule has 0 spiro atoms. The molecule has 4 heteroatoms. The Morgan fingerprint density at radius 1 is 1.44 bits per heavy atom. The highest BCUT2D eigenvalue weighted by Crippen LogP contribution is 2.21. The lowest BCUT2D eigenvalue weighted by molar-refractivity contribution is 0.199. The number of nitrogens with one attached hydrogen (secondary N) is 1. The maximum absolute atomic E-state index is 5.69. The van der Waals surface area contributed by atoms with E-state index in [9.17, 15) is 0 Å². The number of rotatable bonds is 8. The number of hydrogen-bond acceptors (Lipinski definition) is 3. The van der Waals surface area contributed by atoms with Crippen molar-refractivity contribution in [3.8, 4) is 5.75 Å². The summed E-state index contributed by atoms with van der Waals surface area (Å²) >= 11 is 3.29. The fraction of sp³-hybridized carbons (Fsp3) is 0.429. The average molecular weight is 314 g/mol. The molecule has 0 fully saturated rings. The normalized spacial score (nSPS) is 10.4. The van der Waals surface area contributed by atoms with E-state index in [-0.39, 0.29) is 0 Å². The summed E-state index contributed by atoms with van der Waals surface area (Å²) < 4.78 is 11.5. The van der Waals surface area contributed by atoms with Gasteiger partial charge in [-0.2, -0.15) is 0 Å². The van der Waals surface area contributed by atoms with Crippen molar-refractivity contribution in [2.24, 2.45) is 0 Å². The Bertz CT molecular complexity index is 393. The van der Waals surface area contributed by atoms with Crippen LogP contribution in [0.4, 0.5) is 0 Å². The molecule has 1 aromatic rings. The summed E-state index contributed by atoms with van der Waals surface area (Å²) in [5.41, 5.74) is 2.38. The lowest BCUT2D eigenvalue weighted by atomic mass is 10.1. The van der Waals surface area contributed by atoms with Crippen LogP contribution in [-0.4, -0.2) is 26.9 Å². The first kappa shape index (κ1) is 15.2. The molecule has 0 aliphatic heterocycles. The molecular formula is C14H20BrNO2. The topological polar surface area (TPSA) is 30.5 Å². The van der Waals surface area contributed by atoms with Crippen molar-refractivity contribution in [3.63, 3.8) is 0 Å². The van der Waals surface area contributed by atoms with Gasteiger partial charge in [-0.1, -0.05) is 40.2 Å². The van der Waals surface area contributed by atoms with Gasteiger partial charge in [-0.3, -0.25) is 0 Å². The molecule has 0 aromatic heterocycles. The number of methoxy groups -OCH3 is 1. The van der Waals surface area contributed by atoms with Crippen LogP contribution in [0.25, 0.3) is 0 Å². The predicted molar refractivity (Wildman–Crippen MR) is 78.3 cm³/mol. The zero-order valence-corrected chi connectivity index (χ0v) is 12.5. The van der Waals surface area contributed by atoms with E-state index in [4.69, 9.17) is 9.47 Å². The third-order valence-electron chi connectivity index (χ3n) is 2.40. The van der Waals surface area contributed by atoms with Gasteiger partial charge in [-0.15, -0.1) is 0 Å². The van der Waals surface area contributed by atoms with E-state index in [1.54, 1.807) is 7.11 Å². The minimum absolute atomic E-state index is 0.480. The largest absolute Gasteiger partial charge is 0.488 e. The highest BCUT2D eigenvalue weighted by molar-refractivity contribution is 9.11. The summed E-state index contributed by atoms with van der Waals surface area (Å²) in [4.78, 5) is 0. The van der Waals surface area contributed by atoms with Crippen molar-refractivity contribution >= 4 is 15.9 Å². The van der Waals surface area contributed by atoms with E-state index in [0.29, 0.717) is 13.2 Å². The molecule has 0 unspecified atom stereocenters. The van der Waals surface area contributed by atoms with E-state index >= 15 is 0 Å². The zero-order chi connectivity index (χ0) is 13.4. The zero-order valence-electron chi connectivity index (χ0n) is 11.0. The number of aryl methyl sites for hydroxylation is 1. The van der Waals surface area contributed by atoms with Gasteiger partial charge in [0, 0.05) is 30.2 Å². The van der Waals surface area contributed by atoms with Crippen molar-refractivity contribution in [2.45, 2.75) is 13.5 Å². The lowest BCUT2D eigenvalue weighted by Gasteiger charge is -2.12. The summed E-state index contributed by atoms with van der Waals surface area (Å²) in [6.45, 7) is 8.63. The first-order valence-electron chi connectivity index (χ1n) is 5.88. The van der Waals surface area contributed by atoms with Crippen molar-refractivity contribution in [1.82, 2.24) is 5.32 Å². The van der Waals surface area contributed by atoms with Gasteiger partial charge in [0.1, 0.15) is 12.4 Å². The Balaban J connectivity index is 2.61. The second-order valence-corrected chi connectivity index (χ2v) is 5.21. The molecular weight excluding hydrogens is 294 g/mol. The minimum atomic E-state index is 0.480. The SMILES string of the molecule is C=C(Br)COc1ccc(C)cc1CNCCOC. The second-order valence-electron chi connectivity index (χ2n) is 4.09. The first-order chi connectivity index (χ1) is 8.63. The summed E-state index contributed by atoms with van der Waals surface area (Å²) in [5.74, 6) is 0.895. The Kier molecular flexibility index (Phi) is 7.01. The van der Waals surface area contributed by atoms with Gasteiger partial charge in [0.05, 0.1) is 6.61 Å². The number of halogens is 1. The molecule has 0 saturated carbocycles. The summed E-state index contributed by atoms with van der Waals surface area (Å²) in [7, 11) is 1.70. The van der Waals surface area contributed by atoms with Crippen LogP contribution < -0.4 is 10.1 Å². The van der Waals surface area contributed by atoms with Crippen LogP contribution in [0.3, 0.4) is 0 Å². The van der Waals surface area contributed by atoms with E-state index < -0.39 is 0 Å². The first-order valence-corrected chi connectivity index (χ1v) is 6.68. The minimum Gasteiger partial charge on any atom is -0.488 e. The molecule has 0 saturated heterocycles. The molecule has 18 heavy (non-hydrogen) atoms. The Morgan fingerprint density at radius 3 is 2.89 bits per heavy atom. The molecule has 0 heterocycles. The maximum Gasteiger partial charge on any atom is 0.124 e. The number of benzene rings is 1. The fourth-order valence-corrected chi connectivity index (χ4v) is 1.65. The van der Waals surface area contributed by atoms with E-state index in [1.807, 2.05) is 12.1 Å². The summed E-state index contributed by atoms with van der Waals surface area (Å²) in [6.07, 6.45) is 0. The third-order valence-corrected chi connectivity index (χ3v) is 2.63. The smallest absolute Gasteiger partial charge is 0.124 e. The molecule has 0 amide bonds. The summed E-state index contributed by atoms with van der Waals surface area (Å²) in [6, 6.07) is 6.18. The van der Waals surface area contributed by atoms with E-state index in [0.717, 1.165) is 28.9 Å². The fourth-order valence-electron chi connectivity index (χ4n) is 1.54. The van der Waals surface area contributed by atoms with Crippen LogP contribution in [-0.2, 0) is 11.3 Å². The lowest BCUT2D eigenvalue weighted by Crippen LogP contribution is -2.19. The predicted octanol–water partition coefficient (Wildman–Crippen LogP) is 3.02. The average Bonchev–Trinajstić information content (AvgIpc) is 2.33. The molecule has 3 nitrogen and oxygen atoms in total. The van der Waals surface area contributed by atoms with Crippen molar-refractivity contribution in [1.29, 1.82) is 0 Å². The monoisotopic (exact) mass is 313 g/mol. The second kappa shape index (κ2) is 8.29. The molecule has 0 bridgehead atoms. The highest BCUT2D eigenvalue weighted by Gasteiger charge is 2.04. The van der Waals surface area contributed by atoms with Crippen LogP contribution in [0.5, 0.6) is 5.75 Å². The van der Waals surface area contributed by atoms with Gasteiger partial charge in [-0.05, 0) is 13.0 Å². The molecule has 0 aliphatic rings. The number of hydrogen-bond donors (Lipinski definition) is 1. The molecule has 0 atom stereocenters.